The summed E-state index contributed by atoms with van der Waals surface area (Å²) in [5, 5.41) is 25.8. The molecule has 0 heterocycles. The van der Waals surface area contributed by atoms with Gasteiger partial charge in [0.2, 0.25) is 0 Å². The molecule has 3 N–H and O–H groups in total. The number of rotatable bonds is 1. The lowest BCUT2D eigenvalue weighted by Gasteiger charge is -2.21. The van der Waals surface area contributed by atoms with Crippen LogP contribution in [-0.4, -0.2) is 38.4 Å². The number of hydrogen-bond donors (Lipinski definition) is 3. The summed E-state index contributed by atoms with van der Waals surface area (Å²) in [7, 11) is 0. The SMILES string of the molecule is O=C(O)C1(O)CC[C@@H](O)[C@H]1Cl. The van der Waals surface area contributed by atoms with Crippen molar-refractivity contribution in [1.82, 2.24) is 0 Å². The van der Waals surface area contributed by atoms with Gasteiger partial charge in [-0.2, -0.15) is 0 Å². The number of carboxylic acids is 1. The quantitative estimate of drug-likeness (QED) is 0.479. The van der Waals surface area contributed by atoms with Crippen LogP contribution in [0.1, 0.15) is 12.8 Å². The van der Waals surface area contributed by atoms with E-state index in [9.17, 15) is 9.90 Å². The van der Waals surface area contributed by atoms with Gasteiger partial charge in [-0.1, -0.05) is 0 Å². The number of aliphatic carboxylic acids is 1. The second-order valence-electron chi connectivity index (χ2n) is 2.74. The lowest BCUT2D eigenvalue weighted by molar-refractivity contribution is -0.157. The van der Waals surface area contributed by atoms with E-state index in [1.165, 1.54) is 0 Å². The predicted molar refractivity (Wildman–Crippen MR) is 37.5 cm³/mol. The van der Waals surface area contributed by atoms with Gasteiger partial charge in [-0.25, -0.2) is 4.79 Å². The third-order valence-corrected chi connectivity index (χ3v) is 2.64. The second kappa shape index (κ2) is 2.62. The van der Waals surface area contributed by atoms with Crippen LogP contribution in [0.2, 0.25) is 0 Å². The van der Waals surface area contributed by atoms with E-state index in [1.54, 1.807) is 0 Å². The van der Waals surface area contributed by atoms with Crippen molar-refractivity contribution in [3.63, 3.8) is 0 Å². The number of carbonyl (C=O) groups is 1. The molecule has 64 valence electrons. The van der Waals surface area contributed by atoms with Crippen molar-refractivity contribution in [2.45, 2.75) is 29.9 Å². The zero-order valence-electron chi connectivity index (χ0n) is 5.70. The Balaban J connectivity index is 2.81. The molecular weight excluding hydrogens is 172 g/mol. The molecule has 3 atom stereocenters. The molecule has 1 unspecified atom stereocenters. The molecule has 1 rings (SSSR count). The Bertz CT molecular complexity index is 183. The summed E-state index contributed by atoms with van der Waals surface area (Å²) in [5.74, 6) is -1.37. The maximum absolute atomic E-state index is 10.4. The van der Waals surface area contributed by atoms with Crippen molar-refractivity contribution in [1.29, 1.82) is 0 Å². The normalized spacial score (nSPS) is 44.3. The van der Waals surface area contributed by atoms with E-state index in [-0.39, 0.29) is 12.8 Å². The number of alkyl halides is 1. The summed E-state index contributed by atoms with van der Waals surface area (Å²) < 4.78 is 0. The molecule has 0 radical (unpaired) electrons. The Hall–Kier alpha value is -0.320. The molecule has 1 fully saturated rings. The third-order valence-electron chi connectivity index (χ3n) is 1.99. The number of aliphatic hydroxyl groups is 2. The highest BCUT2D eigenvalue weighted by molar-refractivity contribution is 6.23. The molecule has 0 amide bonds. The van der Waals surface area contributed by atoms with E-state index in [4.69, 9.17) is 21.8 Å². The molecule has 0 aromatic carbocycles. The average Bonchev–Trinajstić information content (AvgIpc) is 2.18. The van der Waals surface area contributed by atoms with Gasteiger partial charge >= 0.3 is 5.97 Å². The summed E-state index contributed by atoms with van der Waals surface area (Å²) in [6, 6.07) is 0. The highest BCUT2D eigenvalue weighted by Crippen LogP contribution is 2.34. The second-order valence-corrected chi connectivity index (χ2v) is 3.21. The number of hydrogen-bond acceptors (Lipinski definition) is 3. The monoisotopic (exact) mass is 180 g/mol. The van der Waals surface area contributed by atoms with Crippen LogP contribution in [-0.2, 0) is 4.79 Å². The van der Waals surface area contributed by atoms with E-state index < -0.39 is 23.1 Å². The number of halogens is 1. The van der Waals surface area contributed by atoms with Crippen molar-refractivity contribution in [3.8, 4) is 0 Å². The maximum Gasteiger partial charge on any atom is 0.337 e. The highest BCUT2D eigenvalue weighted by atomic mass is 35.5. The van der Waals surface area contributed by atoms with Crippen molar-refractivity contribution >= 4 is 17.6 Å². The van der Waals surface area contributed by atoms with E-state index in [0.717, 1.165) is 0 Å². The fraction of sp³-hybridized carbons (Fsp3) is 0.833. The number of aliphatic hydroxyl groups excluding tert-OH is 1. The molecule has 5 heteroatoms. The first kappa shape index (κ1) is 8.77. The van der Waals surface area contributed by atoms with Gasteiger partial charge in [-0.3, -0.25) is 0 Å². The fourth-order valence-corrected chi connectivity index (χ4v) is 1.52. The Morgan fingerprint density at radius 3 is 2.36 bits per heavy atom. The highest BCUT2D eigenvalue weighted by Gasteiger charge is 2.51. The minimum atomic E-state index is -1.94. The van der Waals surface area contributed by atoms with Crippen LogP contribution in [0.15, 0.2) is 0 Å². The standard InChI is InChI=1S/C6H9ClO4/c7-4-3(8)1-2-6(4,11)5(9)10/h3-4,8,11H,1-2H2,(H,9,10)/t3-,4-,6?/m1/s1. The van der Waals surface area contributed by atoms with Crippen LogP contribution in [0.5, 0.6) is 0 Å². The van der Waals surface area contributed by atoms with Gasteiger partial charge in [0.25, 0.3) is 0 Å². The Morgan fingerprint density at radius 1 is 1.64 bits per heavy atom. The van der Waals surface area contributed by atoms with E-state index in [0.29, 0.717) is 0 Å². The van der Waals surface area contributed by atoms with Gasteiger partial charge in [0.05, 0.1) is 11.5 Å². The van der Waals surface area contributed by atoms with E-state index in [1.807, 2.05) is 0 Å². The summed E-state index contributed by atoms with van der Waals surface area (Å²) >= 11 is 5.48. The zero-order valence-corrected chi connectivity index (χ0v) is 6.45. The average molecular weight is 181 g/mol. The van der Waals surface area contributed by atoms with E-state index in [2.05, 4.69) is 0 Å². The summed E-state index contributed by atoms with van der Waals surface area (Å²) in [4.78, 5) is 10.4. The van der Waals surface area contributed by atoms with Crippen LogP contribution < -0.4 is 0 Å². The van der Waals surface area contributed by atoms with Crippen LogP contribution in [0.3, 0.4) is 0 Å². The first-order valence-electron chi connectivity index (χ1n) is 3.26. The van der Waals surface area contributed by atoms with Gasteiger partial charge in [-0.05, 0) is 12.8 Å². The van der Waals surface area contributed by atoms with Gasteiger partial charge in [0.1, 0.15) is 0 Å². The molecule has 0 aromatic heterocycles. The molecule has 0 bridgehead atoms. The molecule has 1 aliphatic rings. The molecule has 0 saturated heterocycles. The van der Waals surface area contributed by atoms with Gasteiger partial charge in [0, 0.05) is 0 Å². The van der Waals surface area contributed by atoms with Crippen molar-refractivity contribution in [3.05, 3.63) is 0 Å². The first-order valence-corrected chi connectivity index (χ1v) is 3.70. The van der Waals surface area contributed by atoms with Crippen molar-refractivity contribution < 1.29 is 20.1 Å². The van der Waals surface area contributed by atoms with Crippen LogP contribution >= 0.6 is 11.6 Å². The number of carboxylic acid groups (broad SMARTS) is 1. The smallest absolute Gasteiger partial charge is 0.337 e. The largest absolute Gasteiger partial charge is 0.479 e. The molecule has 11 heavy (non-hydrogen) atoms. The van der Waals surface area contributed by atoms with Crippen molar-refractivity contribution in [2.24, 2.45) is 0 Å². The van der Waals surface area contributed by atoms with Crippen LogP contribution in [0.4, 0.5) is 0 Å². The topological polar surface area (TPSA) is 77.8 Å². The van der Waals surface area contributed by atoms with Crippen LogP contribution in [0.25, 0.3) is 0 Å². The molecular formula is C6H9ClO4. The molecule has 1 saturated carbocycles. The van der Waals surface area contributed by atoms with Crippen molar-refractivity contribution in [2.75, 3.05) is 0 Å². The predicted octanol–water partition coefficient (Wildman–Crippen LogP) is -0.436. The Labute approximate surface area is 68.4 Å². The van der Waals surface area contributed by atoms with Gasteiger partial charge < -0.3 is 15.3 Å². The maximum atomic E-state index is 10.4. The minimum Gasteiger partial charge on any atom is -0.479 e. The third kappa shape index (κ3) is 1.21. The fourth-order valence-electron chi connectivity index (χ4n) is 1.20. The van der Waals surface area contributed by atoms with Crippen LogP contribution in [0, 0.1) is 0 Å². The van der Waals surface area contributed by atoms with Gasteiger partial charge in [-0.15, -0.1) is 11.6 Å². The zero-order chi connectivity index (χ0) is 8.65. The molecule has 0 aliphatic heterocycles. The summed E-state index contributed by atoms with van der Waals surface area (Å²) in [6.45, 7) is 0. The van der Waals surface area contributed by atoms with Gasteiger partial charge in [0.15, 0.2) is 5.60 Å². The lowest BCUT2D eigenvalue weighted by Crippen LogP contribution is -2.45. The lowest BCUT2D eigenvalue weighted by atomic mass is 10.0. The Morgan fingerprint density at radius 2 is 2.18 bits per heavy atom. The molecule has 0 aromatic rings. The Kier molecular flexibility index (Phi) is 2.09. The molecule has 0 spiro atoms. The molecule has 1 aliphatic carbocycles. The van der Waals surface area contributed by atoms with E-state index >= 15 is 0 Å². The molecule has 4 nitrogen and oxygen atoms in total. The minimum absolute atomic E-state index is 0.0116. The first-order chi connectivity index (χ1) is 4.98. The summed E-state index contributed by atoms with van der Waals surface area (Å²) in [5.41, 5.74) is -1.94. The summed E-state index contributed by atoms with van der Waals surface area (Å²) in [6.07, 6.45) is -0.674.